The van der Waals surface area contributed by atoms with Crippen LogP contribution in [0.15, 0.2) is 42.5 Å². The number of amides is 2. The van der Waals surface area contributed by atoms with Gasteiger partial charge in [-0.3, -0.25) is 9.59 Å². The molecule has 0 heterocycles. The first kappa shape index (κ1) is 22.0. The molecule has 1 atom stereocenters. The van der Waals surface area contributed by atoms with Crippen molar-refractivity contribution < 1.29 is 19.1 Å². The molecule has 0 spiro atoms. The lowest BCUT2D eigenvalue weighted by Gasteiger charge is -2.20. The molecule has 0 radical (unpaired) electrons. The van der Waals surface area contributed by atoms with Crippen molar-refractivity contribution in [2.75, 3.05) is 11.9 Å². The number of nitriles is 1. The summed E-state index contributed by atoms with van der Waals surface area (Å²) in [4.78, 5) is 35.8. The first-order valence-corrected chi connectivity index (χ1v) is 10.3. The Morgan fingerprint density at radius 2 is 1.74 bits per heavy atom. The summed E-state index contributed by atoms with van der Waals surface area (Å²) in [7, 11) is 0. The molecule has 1 aliphatic carbocycles. The Kier molecular flexibility index (Phi) is 7.39. The Hall–Kier alpha value is -3.66. The number of aryl methyl sites for hydroxylation is 2. The number of benzene rings is 2. The molecule has 160 valence electrons. The van der Waals surface area contributed by atoms with Crippen LogP contribution >= 0.6 is 0 Å². The van der Waals surface area contributed by atoms with E-state index in [0.29, 0.717) is 5.69 Å². The number of anilines is 1. The summed E-state index contributed by atoms with van der Waals surface area (Å²) in [5.74, 6) is -1.44. The number of hydrogen-bond donors (Lipinski definition) is 2. The molecule has 0 saturated carbocycles. The van der Waals surface area contributed by atoms with E-state index in [9.17, 15) is 14.4 Å². The van der Waals surface area contributed by atoms with E-state index in [1.165, 1.54) is 48.2 Å². The van der Waals surface area contributed by atoms with Crippen molar-refractivity contribution in [3.05, 3.63) is 64.7 Å². The van der Waals surface area contributed by atoms with Gasteiger partial charge in [0.05, 0.1) is 17.7 Å². The lowest BCUT2D eigenvalue weighted by atomic mass is 9.89. The van der Waals surface area contributed by atoms with Crippen LogP contribution in [0.3, 0.4) is 0 Å². The van der Waals surface area contributed by atoms with Crippen LogP contribution in [-0.2, 0) is 27.2 Å². The van der Waals surface area contributed by atoms with Gasteiger partial charge in [-0.25, -0.2) is 4.79 Å². The van der Waals surface area contributed by atoms with E-state index in [1.54, 1.807) is 6.07 Å². The van der Waals surface area contributed by atoms with Crippen molar-refractivity contribution in [2.45, 2.75) is 45.1 Å². The molecule has 2 aromatic rings. The minimum atomic E-state index is -0.633. The molecule has 2 N–H and O–H groups in total. The van der Waals surface area contributed by atoms with Gasteiger partial charge in [-0.2, -0.15) is 5.26 Å². The van der Waals surface area contributed by atoms with Crippen molar-refractivity contribution in [2.24, 2.45) is 0 Å². The Balaban J connectivity index is 1.48. The van der Waals surface area contributed by atoms with Crippen LogP contribution in [0.1, 0.15) is 59.3 Å². The largest absolute Gasteiger partial charge is 0.452 e. The number of rotatable bonds is 7. The Morgan fingerprint density at radius 3 is 2.45 bits per heavy atom. The average molecular weight is 419 g/mol. The molecular formula is C24H25N3O4. The molecule has 2 aromatic carbocycles. The van der Waals surface area contributed by atoms with Crippen LogP contribution in [0, 0.1) is 11.3 Å². The van der Waals surface area contributed by atoms with Gasteiger partial charge < -0.3 is 15.4 Å². The summed E-state index contributed by atoms with van der Waals surface area (Å²) in [6.07, 6.45) is 4.35. The summed E-state index contributed by atoms with van der Waals surface area (Å²) in [5, 5.41) is 13.9. The number of carbonyl (C=O) groups is 3. The number of ether oxygens (including phenoxy) is 1. The third-order valence-electron chi connectivity index (χ3n) is 5.23. The normalized spacial score (nSPS) is 13.3. The third-order valence-corrected chi connectivity index (χ3v) is 5.23. The van der Waals surface area contributed by atoms with Gasteiger partial charge >= 0.3 is 5.97 Å². The van der Waals surface area contributed by atoms with E-state index in [4.69, 9.17) is 10.00 Å². The van der Waals surface area contributed by atoms with Gasteiger partial charge in [-0.15, -0.1) is 0 Å². The van der Waals surface area contributed by atoms with Gasteiger partial charge in [-0.1, -0.05) is 18.2 Å². The highest BCUT2D eigenvalue weighted by Gasteiger charge is 2.16. The zero-order valence-corrected chi connectivity index (χ0v) is 17.4. The summed E-state index contributed by atoms with van der Waals surface area (Å²) in [6.45, 7) is 1.53. The second kappa shape index (κ2) is 10.4. The first-order chi connectivity index (χ1) is 15.0. The second-order valence-corrected chi connectivity index (χ2v) is 7.56. The molecular weight excluding hydrogens is 394 g/mol. The average Bonchev–Trinajstić information content (AvgIpc) is 2.77. The van der Waals surface area contributed by atoms with Crippen LogP contribution in [0.4, 0.5) is 5.69 Å². The van der Waals surface area contributed by atoms with Crippen LogP contribution in [0.5, 0.6) is 0 Å². The standard InChI is InChI=1S/C24H25N3O4/c1-16(19-7-6-17-4-2-3-5-20(17)14-19)26-23(29)15-31-24(30)18-8-10-21(11-9-18)27-22(28)12-13-25/h6-11,14,16H,2-5,12,15H2,1H3,(H,26,29)(H,27,28)/t16-/m1/s1. The fraction of sp³-hybridized carbons (Fsp3) is 0.333. The van der Waals surface area contributed by atoms with Crippen LogP contribution < -0.4 is 10.6 Å². The minimum absolute atomic E-state index is 0.185. The monoisotopic (exact) mass is 419 g/mol. The zero-order chi connectivity index (χ0) is 22.2. The number of carbonyl (C=O) groups excluding carboxylic acids is 3. The molecule has 31 heavy (non-hydrogen) atoms. The van der Waals surface area contributed by atoms with Crippen molar-refractivity contribution >= 4 is 23.5 Å². The molecule has 0 aromatic heterocycles. The lowest BCUT2D eigenvalue weighted by molar-refractivity contribution is -0.124. The van der Waals surface area contributed by atoms with Gasteiger partial charge in [-0.05, 0) is 73.6 Å². The predicted molar refractivity (Wildman–Crippen MR) is 115 cm³/mol. The Morgan fingerprint density at radius 1 is 1.03 bits per heavy atom. The smallest absolute Gasteiger partial charge is 0.338 e. The fourth-order valence-corrected chi connectivity index (χ4v) is 3.57. The molecule has 1 aliphatic rings. The second-order valence-electron chi connectivity index (χ2n) is 7.56. The molecule has 0 bridgehead atoms. The summed E-state index contributed by atoms with van der Waals surface area (Å²) in [6, 6.07) is 13.9. The molecule has 0 aliphatic heterocycles. The lowest BCUT2D eigenvalue weighted by Crippen LogP contribution is -2.31. The van der Waals surface area contributed by atoms with Gasteiger partial charge in [0.15, 0.2) is 6.61 Å². The van der Waals surface area contributed by atoms with E-state index < -0.39 is 11.9 Å². The summed E-state index contributed by atoms with van der Waals surface area (Å²) >= 11 is 0. The molecule has 2 amide bonds. The molecule has 7 heteroatoms. The fourth-order valence-electron chi connectivity index (χ4n) is 3.57. The molecule has 0 fully saturated rings. The maximum atomic E-state index is 12.2. The van der Waals surface area contributed by atoms with E-state index in [-0.39, 0.29) is 30.5 Å². The van der Waals surface area contributed by atoms with Gasteiger partial charge in [0, 0.05) is 5.69 Å². The summed E-state index contributed by atoms with van der Waals surface area (Å²) in [5.41, 5.74) is 4.50. The highest BCUT2D eigenvalue weighted by Crippen LogP contribution is 2.24. The molecule has 0 unspecified atom stereocenters. The van der Waals surface area contributed by atoms with Crippen LogP contribution in [0.25, 0.3) is 0 Å². The SMILES string of the molecule is C[C@@H](NC(=O)COC(=O)c1ccc(NC(=O)CC#N)cc1)c1ccc2c(c1)CCCC2. The highest BCUT2D eigenvalue weighted by atomic mass is 16.5. The maximum absolute atomic E-state index is 12.2. The van der Waals surface area contributed by atoms with Gasteiger partial charge in [0.25, 0.3) is 5.91 Å². The number of nitrogens with one attached hydrogen (secondary N) is 2. The van der Waals surface area contributed by atoms with Crippen LogP contribution in [-0.4, -0.2) is 24.4 Å². The van der Waals surface area contributed by atoms with Crippen molar-refractivity contribution in [1.82, 2.24) is 5.32 Å². The molecule has 0 saturated heterocycles. The van der Waals surface area contributed by atoms with Gasteiger partial charge in [0.2, 0.25) is 5.91 Å². The van der Waals surface area contributed by atoms with E-state index in [2.05, 4.69) is 22.8 Å². The zero-order valence-electron chi connectivity index (χ0n) is 17.4. The third kappa shape index (κ3) is 6.16. The van der Waals surface area contributed by atoms with Crippen molar-refractivity contribution in [3.63, 3.8) is 0 Å². The number of nitrogens with zero attached hydrogens (tertiary/aromatic N) is 1. The predicted octanol–water partition coefficient (Wildman–Crippen LogP) is 3.45. The topological polar surface area (TPSA) is 108 Å². The molecule has 7 nitrogen and oxygen atoms in total. The van der Waals surface area contributed by atoms with Crippen molar-refractivity contribution in [3.8, 4) is 6.07 Å². The quantitative estimate of drug-likeness (QED) is 0.668. The van der Waals surface area contributed by atoms with Gasteiger partial charge in [0.1, 0.15) is 6.42 Å². The summed E-state index contributed by atoms with van der Waals surface area (Å²) < 4.78 is 5.10. The number of hydrogen-bond acceptors (Lipinski definition) is 5. The first-order valence-electron chi connectivity index (χ1n) is 10.3. The van der Waals surface area contributed by atoms with Crippen LogP contribution in [0.2, 0.25) is 0 Å². The number of esters is 1. The maximum Gasteiger partial charge on any atom is 0.338 e. The highest BCUT2D eigenvalue weighted by molar-refractivity contribution is 5.94. The van der Waals surface area contributed by atoms with E-state index in [0.717, 1.165) is 18.4 Å². The van der Waals surface area contributed by atoms with E-state index >= 15 is 0 Å². The Labute approximate surface area is 181 Å². The van der Waals surface area contributed by atoms with E-state index in [1.807, 2.05) is 13.0 Å². The number of fused-ring (bicyclic) bond motifs is 1. The molecule has 3 rings (SSSR count). The Bertz CT molecular complexity index is 1010. The minimum Gasteiger partial charge on any atom is -0.452 e. The van der Waals surface area contributed by atoms with Crippen molar-refractivity contribution in [1.29, 1.82) is 5.26 Å².